The maximum absolute atomic E-state index is 12.3. The third-order valence-corrected chi connectivity index (χ3v) is 8.62. The van der Waals surface area contributed by atoms with E-state index < -0.39 is 25.9 Å². The topological polar surface area (TPSA) is 71.5 Å². The van der Waals surface area contributed by atoms with Crippen LogP contribution in [-0.2, 0) is 19.9 Å². The fraction of sp³-hybridized carbons (Fsp3) is 0.556. The van der Waals surface area contributed by atoms with Crippen molar-refractivity contribution in [3.05, 3.63) is 15.9 Å². The highest BCUT2D eigenvalue weighted by atomic mass is 79.9. The van der Waals surface area contributed by atoms with Gasteiger partial charge in [0, 0.05) is 12.6 Å². The maximum Gasteiger partial charge on any atom is 0.252 e. The molecular formula is C9H12BrNO4S3. The van der Waals surface area contributed by atoms with Crippen molar-refractivity contribution >= 4 is 47.1 Å². The number of thiophene rings is 1. The first-order valence-corrected chi connectivity index (χ1v) is 10.1. The van der Waals surface area contributed by atoms with Crippen LogP contribution in [-0.4, -0.2) is 45.2 Å². The molecule has 0 saturated carbocycles. The third kappa shape index (κ3) is 2.79. The van der Waals surface area contributed by atoms with Crippen molar-refractivity contribution in [1.82, 2.24) is 4.31 Å². The third-order valence-electron chi connectivity index (χ3n) is 2.72. The Morgan fingerprint density at radius 1 is 1.44 bits per heavy atom. The molecule has 1 aromatic rings. The SMILES string of the molecule is CC1CS(=O)(=O)CCN1S(=O)(=O)c1ccc(Br)s1. The molecule has 1 saturated heterocycles. The van der Waals surface area contributed by atoms with Crippen LogP contribution in [0, 0.1) is 0 Å². The molecule has 1 unspecified atom stereocenters. The van der Waals surface area contributed by atoms with Gasteiger partial charge in [-0.1, -0.05) is 0 Å². The molecule has 5 nitrogen and oxygen atoms in total. The van der Waals surface area contributed by atoms with Crippen LogP contribution in [0.1, 0.15) is 6.92 Å². The van der Waals surface area contributed by atoms with E-state index in [9.17, 15) is 16.8 Å². The van der Waals surface area contributed by atoms with E-state index in [2.05, 4.69) is 15.9 Å². The van der Waals surface area contributed by atoms with E-state index in [1.165, 1.54) is 10.4 Å². The highest BCUT2D eigenvalue weighted by molar-refractivity contribution is 9.11. The van der Waals surface area contributed by atoms with Crippen LogP contribution in [0.4, 0.5) is 0 Å². The van der Waals surface area contributed by atoms with Crippen molar-refractivity contribution in [1.29, 1.82) is 0 Å². The Hall–Kier alpha value is 0.0400. The van der Waals surface area contributed by atoms with Crippen molar-refractivity contribution in [2.24, 2.45) is 0 Å². The molecule has 102 valence electrons. The average molecular weight is 374 g/mol. The summed E-state index contributed by atoms with van der Waals surface area (Å²) >= 11 is 4.35. The second-order valence-corrected chi connectivity index (χ2v) is 10.9. The summed E-state index contributed by atoms with van der Waals surface area (Å²) in [6.07, 6.45) is 0. The van der Waals surface area contributed by atoms with Crippen LogP contribution in [0.3, 0.4) is 0 Å². The van der Waals surface area contributed by atoms with E-state index in [4.69, 9.17) is 0 Å². The van der Waals surface area contributed by atoms with Gasteiger partial charge in [0.25, 0.3) is 10.0 Å². The van der Waals surface area contributed by atoms with E-state index >= 15 is 0 Å². The summed E-state index contributed by atoms with van der Waals surface area (Å²) in [6.45, 7) is 1.65. The summed E-state index contributed by atoms with van der Waals surface area (Å²) in [5.41, 5.74) is 0. The standard InChI is InChI=1S/C9H12BrNO4S3/c1-7-6-17(12,13)5-4-11(7)18(14,15)9-3-2-8(10)16-9/h2-3,7H,4-6H2,1H3. The van der Waals surface area contributed by atoms with Crippen LogP contribution < -0.4 is 0 Å². The van der Waals surface area contributed by atoms with E-state index in [0.29, 0.717) is 0 Å². The first kappa shape index (κ1) is 14.4. The van der Waals surface area contributed by atoms with Gasteiger partial charge in [0.2, 0.25) is 0 Å². The Labute approximate surface area is 119 Å². The lowest BCUT2D eigenvalue weighted by Crippen LogP contribution is -2.49. The van der Waals surface area contributed by atoms with Crippen molar-refractivity contribution in [2.45, 2.75) is 17.2 Å². The van der Waals surface area contributed by atoms with E-state index in [-0.39, 0.29) is 22.3 Å². The molecule has 0 aliphatic carbocycles. The number of sulfonamides is 1. The van der Waals surface area contributed by atoms with Crippen molar-refractivity contribution in [2.75, 3.05) is 18.1 Å². The highest BCUT2D eigenvalue weighted by Gasteiger charge is 2.37. The Kier molecular flexibility index (Phi) is 3.90. The van der Waals surface area contributed by atoms with Gasteiger partial charge in [-0.15, -0.1) is 11.3 Å². The Balaban J connectivity index is 2.32. The van der Waals surface area contributed by atoms with Gasteiger partial charge in [-0.2, -0.15) is 4.31 Å². The van der Waals surface area contributed by atoms with Gasteiger partial charge >= 0.3 is 0 Å². The second kappa shape index (κ2) is 4.86. The minimum absolute atomic E-state index is 0.0291. The molecule has 0 amide bonds. The van der Waals surface area contributed by atoms with Crippen molar-refractivity contribution in [3.63, 3.8) is 0 Å². The number of nitrogens with zero attached hydrogens (tertiary/aromatic N) is 1. The molecule has 9 heteroatoms. The monoisotopic (exact) mass is 373 g/mol. The number of hydrogen-bond donors (Lipinski definition) is 0. The quantitative estimate of drug-likeness (QED) is 0.783. The molecule has 1 aliphatic heterocycles. The van der Waals surface area contributed by atoms with Gasteiger partial charge in [-0.3, -0.25) is 0 Å². The lowest BCUT2D eigenvalue weighted by atomic mass is 10.4. The Morgan fingerprint density at radius 3 is 2.61 bits per heavy atom. The zero-order valence-electron chi connectivity index (χ0n) is 9.54. The second-order valence-electron chi connectivity index (χ2n) is 4.14. The Bertz CT molecular complexity index is 649. The number of rotatable bonds is 2. The van der Waals surface area contributed by atoms with E-state index in [1.54, 1.807) is 13.0 Å². The van der Waals surface area contributed by atoms with Gasteiger partial charge in [0.05, 0.1) is 15.3 Å². The van der Waals surface area contributed by atoms with Crippen molar-refractivity contribution < 1.29 is 16.8 Å². The van der Waals surface area contributed by atoms with Gasteiger partial charge in [-0.05, 0) is 35.0 Å². The first-order chi connectivity index (χ1) is 8.22. The summed E-state index contributed by atoms with van der Waals surface area (Å²) in [4.78, 5) is 0. The molecule has 0 aromatic carbocycles. The summed E-state index contributed by atoms with van der Waals surface area (Å²) < 4.78 is 49.8. The molecule has 1 aromatic heterocycles. The average Bonchev–Trinajstić information content (AvgIpc) is 2.63. The predicted molar refractivity (Wildman–Crippen MR) is 74.0 cm³/mol. The van der Waals surface area contributed by atoms with E-state index in [0.717, 1.165) is 15.1 Å². The normalized spacial score (nSPS) is 25.1. The molecule has 2 rings (SSSR count). The molecular weight excluding hydrogens is 362 g/mol. The van der Waals surface area contributed by atoms with E-state index in [1.807, 2.05) is 0 Å². The smallest absolute Gasteiger partial charge is 0.229 e. The van der Waals surface area contributed by atoms with Crippen molar-refractivity contribution in [3.8, 4) is 0 Å². The Morgan fingerprint density at radius 2 is 2.11 bits per heavy atom. The number of sulfone groups is 1. The molecule has 0 bridgehead atoms. The molecule has 2 heterocycles. The summed E-state index contributed by atoms with van der Waals surface area (Å²) in [5, 5.41) is 0. The zero-order chi connectivity index (χ0) is 13.6. The minimum atomic E-state index is -3.58. The highest BCUT2D eigenvalue weighted by Crippen LogP contribution is 2.30. The first-order valence-electron chi connectivity index (χ1n) is 5.20. The van der Waals surface area contributed by atoms with Gasteiger partial charge in [-0.25, -0.2) is 16.8 Å². The van der Waals surface area contributed by atoms with Gasteiger partial charge in [0.15, 0.2) is 9.84 Å². The van der Waals surface area contributed by atoms with Crippen LogP contribution in [0.25, 0.3) is 0 Å². The van der Waals surface area contributed by atoms with Gasteiger partial charge in [0.1, 0.15) is 4.21 Å². The predicted octanol–water partition coefficient (Wildman–Crippen LogP) is 1.32. The minimum Gasteiger partial charge on any atom is -0.229 e. The lowest BCUT2D eigenvalue weighted by Gasteiger charge is -2.31. The fourth-order valence-corrected chi connectivity index (χ4v) is 7.43. The van der Waals surface area contributed by atoms with Gasteiger partial charge < -0.3 is 0 Å². The van der Waals surface area contributed by atoms with Crippen LogP contribution in [0.5, 0.6) is 0 Å². The lowest BCUT2D eigenvalue weighted by molar-refractivity contribution is 0.357. The summed E-state index contributed by atoms with van der Waals surface area (Å²) in [5.74, 6) is -0.220. The number of halogens is 1. The van der Waals surface area contributed by atoms with Crippen LogP contribution in [0.2, 0.25) is 0 Å². The van der Waals surface area contributed by atoms with Crippen LogP contribution in [0.15, 0.2) is 20.1 Å². The maximum atomic E-state index is 12.3. The molecule has 1 fully saturated rings. The summed E-state index contributed by atoms with van der Waals surface area (Å²) in [7, 11) is -6.70. The summed E-state index contributed by atoms with van der Waals surface area (Å²) in [6, 6.07) is 2.68. The van der Waals surface area contributed by atoms with Crippen LogP contribution >= 0.6 is 27.3 Å². The zero-order valence-corrected chi connectivity index (χ0v) is 13.6. The largest absolute Gasteiger partial charge is 0.252 e. The molecule has 0 radical (unpaired) electrons. The number of hydrogen-bond acceptors (Lipinski definition) is 5. The molecule has 0 N–H and O–H groups in total. The molecule has 0 spiro atoms. The fourth-order valence-electron chi connectivity index (χ4n) is 1.89. The molecule has 1 atom stereocenters. The molecule has 1 aliphatic rings. The molecule has 18 heavy (non-hydrogen) atoms.